The summed E-state index contributed by atoms with van der Waals surface area (Å²) in [6, 6.07) is 21.2. The van der Waals surface area contributed by atoms with Gasteiger partial charge in [-0.1, -0.05) is 30.3 Å². The van der Waals surface area contributed by atoms with E-state index in [1.807, 2.05) is 22.4 Å². The van der Waals surface area contributed by atoms with Crippen LogP contribution < -0.4 is 9.64 Å². The maximum Gasteiger partial charge on any atom is 0.228 e. The van der Waals surface area contributed by atoms with E-state index in [0.29, 0.717) is 26.1 Å². The molecule has 3 aromatic rings. The molecule has 5 nitrogen and oxygen atoms in total. The number of piperazine rings is 1. The summed E-state index contributed by atoms with van der Waals surface area (Å²) in [6.07, 6.45) is 0.471. The van der Waals surface area contributed by atoms with Crippen LogP contribution in [0.3, 0.4) is 0 Å². The van der Waals surface area contributed by atoms with Gasteiger partial charge in [0.05, 0.1) is 13.0 Å². The second-order valence-electron chi connectivity index (χ2n) is 8.46. The number of benzene rings is 2. The number of carbonyl (C=O) groups excluding carboxylic acids is 1. The van der Waals surface area contributed by atoms with Gasteiger partial charge in [-0.15, -0.1) is 11.3 Å². The predicted octanol–water partition coefficient (Wildman–Crippen LogP) is 4.03. The van der Waals surface area contributed by atoms with Crippen LogP contribution in [0.15, 0.2) is 66.0 Å². The zero-order valence-electron chi connectivity index (χ0n) is 18.3. The Morgan fingerprint density at radius 3 is 2.56 bits per heavy atom. The van der Waals surface area contributed by atoms with Gasteiger partial charge in [-0.3, -0.25) is 9.69 Å². The number of carbonyl (C=O) groups is 1. The van der Waals surface area contributed by atoms with Gasteiger partial charge >= 0.3 is 0 Å². The Bertz CT molecular complexity index is 1030. The Balaban J connectivity index is 1.21. The zero-order valence-corrected chi connectivity index (χ0v) is 19.1. The lowest BCUT2D eigenvalue weighted by Crippen LogP contribution is -2.45. The van der Waals surface area contributed by atoms with E-state index in [1.54, 1.807) is 11.3 Å². The highest BCUT2D eigenvalue weighted by Gasteiger charge is 2.22. The molecule has 1 aromatic heterocycles. The lowest BCUT2D eigenvalue weighted by atomic mass is 10.1. The van der Waals surface area contributed by atoms with Gasteiger partial charge in [0, 0.05) is 55.4 Å². The average Bonchev–Trinajstić information content (AvgIpc) is 3.24. The molecule has 0 radical (unpaired) electrons. The Morgan fingerprint density at radius 1 is 0.938 bits per heavy atom. The minimum absolute atomic E-state index is 0.173. The Labute approximate surface area is 193 Å². The number of amides is 1. The molecule has 1 fully saturated rings. The third kappa shape index (κ3) is 4.97. The first kappa shape index (κ1) is 21.0. The first-order chi connectivity index (χ1) is 15.7. The lowest BCUT2D eigenvalue weighted by molar-refractivity contribution is -0.131. The minimum Gasteiger partial charge on any atom is -0.491 e. The minimum atomic E-state index is 0.173. The summed E-state index contributed by atoms with van der Waals surface area (Å²) in [5.41, 5.74) is 3.71. The Kier molecular flexibility index (Phi) is 6.41. The molecule has 2 aliphatic rings. The molecule has 0 spiro atoms. The highest BCUT2D eigenvalue weighted by Crippen LogP contribution is 2.26. The maximum atomic E-state index is 12.8. The number of fused-ring (bicyclic) bond motifs is 1. The van der Waals surface area contributed by atoms with Gasteiger partial charge in [0.2, 0.25) is 5.91 Å². The second-order valence-corrected chi connectivity index (χ2v) is 9.49. The lowest BCUT2D eigenvalue weighted by Gasteiger charge is -2.36. The van der Waals surface area contributed by atoms with Crippen molar-refractivity contribution in [1.29, 1.82) is 0 Å². The van der Waals surface area contributed by atoms with Crippen LogP contribution in [-0.2, 0) is 24.3 Å². The molecule has 5 rings (SSSR count). The number of anilines is 1. The van der Waals surface area contributed by atoms with E-state index in [2.05, 4.69) is 58.3 Å². The van der Waals surface area contributed by atoms with Crippen LogP contribution in [0.2, 0.25) is 0 Å². The average molecular weight is 448 g/mol. The number of para-hydroxylation sites is 1. The topological polar surface area (TPSA) is 36.0 Å². The SMILES string of the molecule is O=C(Cc1cccs1)N1CCOc2ccc(CN3CCN(c4ccccc4)CC3)cc2C1. The van der Waals surface area contributed by atoms with Gasteiger partial charge in [-0.2, -0.15) is 0 Å². The Hall–Kier alpha value is -2.83. The quantitative estimate of drug-likeness (QED) is 0.592. The van der Waals surface area contributed by atoms with Gasteiger partial charge in [-0.05, 0) is 41.3 Å². The third-order valence-corrected chi connectivity index (χ3v) is 7.14. The summed E-state index contributed by atoms with van der Waals surface area (Å²) >= 11 is 1.64. The normalized spacial score (nSPS) is 16.9. The molecule has 32 heavy (non-hydrogen) atoms. The van der Waals surface area contributed by atoms with E-state index < -0.39 is 0 Å². The molecule has 0 aliphatic carbocycles. The molecule has 6 heteroatoms. The molecule has 0 unspecified atom stereocenters. The van der Waals surface area contributed by atoms with Gasteiger partial charge in [0.15, 0.2) is 0 Å². The molecule has 1 saturated heterocycles. The van der Waals surface area contributed by atoms with Crippen LogP contribution in [0.25, 0.3) is 0 Å². The molecule has 0 atom stereocenters. The zero-order chi connectivity index (χ0) is 21.8. The van der Waals surface area contributed by atoms with Crippen molar-refractivity contribution >= 4 is 22.9 Å². The number of thiophene rings is 1. The van der Waals surface area contributed by atoms with Gasteiger partial charge in [0.1, 0.15) is 12.4 Å². The fourth-order valence-corrected chi connectivity index (χ4v) is 5.19. The van der Waals surface area contributed by atoms with Crippen molar-refractivity contribution in [3.8, 4) is 5.75 Å². The molecule has 0 N–H and O–H groups in total. The third-order valence-electron chi connectivity index (χ3n) is 6.26. The standard InChI is InChI=1S/C26H29N3O2S/c30-26(18-24-7-4-16-32-24)29-14-15-31-25-9-8-21(17-22(25)20-29)19-27-10-12-28(13-11-27)23-5-2-1-3-6-23/h1-9,16-17H,10-15,18-20H2. The van der Waals surface area contributed by atoms with Crippen LogP contribution in [0.1, 0.15) is 16.0 Å². The van der Waals surface area contributed by atoms with Crippen LogP contribution >= 0.6 is 11.3 Å². The number of nitrogens with zero attached hydrogens (tertiary/aromatic N) is 3. The summed E-state index contributed by atoms with van der Waals surface area (Å²) in [6.45, 7) is 6.92. The smallest absolute Gasteiger partial charge is 0.228 e. The molecule has 2 aliphatic heterocycles. The highest BCUT2D eigenvalue weighted by molar-refractivity contribution is 7.10. The van der Waals surface area contributed by atoms with Crippen molar-refractivity contribution in [3.05, 3.63) is 82.0 Å². The highest BCUT2D eigenvalue weighted by atomic mass is 32.1. The summed E-state index contributed by atoms with van der Waals surface area (Å²) in [7, 11) is 0. The van der Waals surface area contributed by atoms with Gasteiger partial charge in [-0.25, -0.2) is 0 Å². The van der Waals surface area contributed by atoms with E-state index in [9.17, 15) is 4.79 Å². The van der Waals surface area contributed by atoms with E-state index >= 15 is 0 Å². The summed E-state index contributed by atoms with van der Waals surface area (Å²) in [5.74, 6) is 1.08. The van der Waals surface area contributed by atoms with Crippen LogP contribution in [0.4, 0.5) is 5.69 Å². The summed E-state index contributed by atoms with van der Waals surface area (Å²) in [5, 5.41) is 2.02. The van der Waals surface area contributed by atoms with E-state index in [0.717, 1.165) is 48.9 Å². The number of hydrogen-bond acceptors (Lipinski definition) is 5. The van der Waals surface area contributed by atoms with Crippen LogP contribution in [0.5, 0.6) is 5.75 Å². The largest absolute Gasteiger partial charge is 0.491 e. The molecule has 0 saturated carbocycles. The molecule has 3 heterocycles. The molecule has 2 aromatic carbocycles. The molecular formula is C26H29N3O2S. The summed E-state index contributed by atoms with van der Waals surface area (Å²) < 4.78 is 5.96. The Morgan fingerprint density at radius 2 is 1.78 bits per heavy atom. The second kappa shape index (κ2) is 9.76. The van der Waals surface area contributed by atoms with Gasteiger partial charge < -0.3 is 14.5 Å². The van der Waals surface area contributed by atoms with Crippen LogP contribution in [0, 0.1) is 0 Å². The number of hydrogen-bond donors (Lipinski definition) is 0. The van der Waals surface area contributed by atoms with Crippen molar-refractivity contribution in [2.45, 2.75) is 19.5 Å². The molecule has 1 amide bonds. The van der Waals surface area contributed by atoms with Crippen molar-refractivity contribution in [3.63, 3.8) is 0 Å². The van der Waals surface area contributed by atoms with E-state index in [1.165, 1.54) is 11.3 Å². The van der Waals surface area contributed by atoms with Crippen molar-refractivity contribution < 1.29 is 9.53 Å². The number of ether oxygens (including phenoxy) is 1. The predicted molar refractivity (Wildman–Crippen MR) is 129 cm³/mol. The van der Waals surface area contributed by atoms with Crippen molar-refractivity contribution in [2.75, 3.05) is 44.2 Å². The maximum absolute atomic E-state index is 12.8. The first-order valence-electron chi connectivity index (χ1n) is 11.3. The first-order valence-corrected chi connectivity index (χ1v) is 12.2. The van der Waals surface area contributed by atoms with Crippen LogP contribution in [-0.4, -0.2) is 55.0 Å². The van der Waals surface area contributed by atoms with E-state index in [-0.39, 0.29) is 5.91 Å². The number of rotatable bonds is 5. The summed E-state index contributed by atoms with van der Waals surface area (Å²) in [4.78, 5) is 20.9. The molecule has 166 valence electrons. The monoisotopic (exact) mass is 447 g/mol. The van der Waals surface area contributed by atoms with E-state index in [4.69, 9.17) is 4.74 Å². The fraction of sp³-hybridized carbons (Fsp3) is 0.346. The van der Waals surface area contributed by atoms with Crippen molar-refractivity contribution in [1.82, 2.24) is 9.80 Å². The fourth-order valence-electron chi connectivity index (χ4n) is 4.49. The molecule has 0 bridgehead atoms. The molecular weight excluding hydrogens is 418 g/mol. The van der Waals surface area contributed by atoms with Gasteiger partial charge in [0.25, 0.3) is 0 Å². The van der Waals surface area contributed by atoms with Crippen molar-refractivity contribution in [2.24, 2.45) is 0 Å².